The standard InChI is InChI=1S/C14H29NO4Si/c1-6-10-17-20(18-11-7-2,19-13(5)8-3)12-15-14(16)9-4/h9,13H,4,6-8,10-12H2,1-3,5H3,(H,15,16). The minimum absolute atomic E-state index is 0.0380. The average molecular weight is 303 g/mol. The van der Waals surface area contributed by atoms with Gasteiger partial charge in [0.1, 0.15) is 0 Å². The van der Waals surface area contributed by atoms with E-state index < -0.39 is 8.80 Å². The van der Waals surface area contributed by atoms with E-state index in [1.807, 2.05) is 27.7 Å². The van der Waals surface area contributed by atoms with E-state index in [9.17, 15) is 4.79 Å². The Morgan fingerprint density at radius 2 is 1.80 bits per heavy atom. The number of carbonyl (C=O) groups excluding carboxylic acids is 1. The van der Waals surface area contributed by atoms with E-state index in [-0.39, 0.29) is 18.2 Å². The third kappa shape index (κ3) is 7.79. The summed E-state index contributed by atoms with van der Waals surface area (Å²) in [4.78, 5) is 11.4. The van der Waals surface area contributed by atoms with Gasteiger partial charge in [-0.2, -0.15) is 0 Å². The van der Waals surface area contributed by atoms with Gasteiger partial charge in [-0.15, -0.1) is 0 Å². The molecule has 0 radical (unpaired) electrons. The second-order valence-corrected chi connectivity index (χ2v) is 7.17. The lowest BCUT2D eigenvalue weighted by Gasteiger charge is -2.32. The fraction of sp³-hybridized carbons (Fsp3) is 0.786. The van der Waals surface area contributed by atoms with Gasteiger partial charge >= 0.3 is 8.80 Å². The van der Waals surface area contributed by atoms with Gasteiger partial charge in [-0.25, -0.2) is 0 Å². The van der Waals surface area contributed by atoms with Crippen molar-refractivity contribution >= 4 is 14.7 Å². The highest BCUT2D eigenvalue weighted by Gasteiger charge is 2.43. The Morgan fingerprint density at radius 1 is 1.25 bits per heavy atom. The van der Waals surface area contributed by atoms with Crippen LogP contribution in [0.2, 0.25) is 0 Å². The van der Waals surface area contributed by atoms with Crippen LogP contribution in [-0.4, -0.2) is 40.2 Å². The van der Waals surface area contributed by atoms with Gasteiger partial charge in [0.05, 0.1) is 6.17 Å². The first-order valence-electron chi connectivity index (χ1n) is 7.39. The predicted molar refractivity (Wildman–Crippen MR) is 82.3 cm³/mol. The normalized spacial score (nSPS) is 13.0. The lowest BCUT2D eigenvalue weighted by atomic mass is 10.3. The zero-order valence-electron chi connectivity index (χ0n) is 13.2. The number of hydrogen-bond donors (Lipinski definition) is 1. The summed E-state index contributed by atoms with van der Waals surface area (Å²) in [7, 11) is -2.88. The lowest BCUT2D eigenvalue weighted by Crippen LogP contribution is -2.56. The summed E-state index contributed by atoms with van der Waals surface area (Å²) in [5.41, 5.74) is 0. The quantitative estimate of drug-likeness (QED) is 0.444. The summed E-state index contributed by atoms with van der Waals surface area (Å²) < 4.78 is 17.8. The van der Waals surface area contributed by atoms with Crippen LogP contribution in [0.5, 0.6) is 0 Å². The average Bonchev–Trinajstić information content (AvgIpc) is 2.47. The van der Waals surface area contributed by atoms with Crippen molar-refractivity contribution in [2.75, 3.05) is 19.4 Å². The van der Waals surface area contributed by atoms with Gasteiger partial charge in [-0.1, -0.05) is 27.4 Å². The molecule has 1 N–H and O–H groups in total. The zero-order valence-corrected chi connectivity index (χ0v) is 14.2. The van der Waals surface area contributed by atoms with E-state index in [1.54, 1.807) is 0 Å². The highest BCUT2D eigenvalue weighted by atomic mass is 28.4. The number of carbonyl (C=O) groups is 1. The molecule has 20 heavy (non-hydrogen) atoms. The minimum atomic E-state index is -2.88. The van der Waals surface area contributed by atoms with Crippen LogP contribution < -0.4 is 5.32 Å². The van der Waals surface area contributed by atoms with Crippen LogP contribution >= 0.6 is 0 Å². The van der Waals surface area contributed by atoms with Crippen molar-refractivity contribution in [3.05, 3.63) is 12.7 Å². The van der Waals surface area contributed by atoms with Crippen molar-refractivity contribution < 1.29 is 18.1 Å². The molecule has 6 heteroatoms. The molecule has 0 aromatic carbocycles. The van der Waals surface area contributed by atoms with E-state index in [4.69, 9.17) is 13.3 Å². The number of amides is 1. The summed E-state index contributed by atoms with van der Waals surface area (Å²) in [6.45, 7) is 12.7. The first kappa shape index (κ1) is 19.3. The van der Waals surface area contributed by atoms with Crippen LogP contribution in [0, 0.1) is 0 Å². The van der Waals surface area contributed by atoms with E-state index >= 15 is 0 Å². The Morgan fingerprint density at radius 3 is 2.20 bits per heavy atom. The molecular formula is C14H29NO4Si. The molecule has 1 atom stereocenters. The van der Waals surface area contributed by atoms with Crippen LogP contribution in [0.15, 0.2) is 12.7 Å². The number of rotatable bonds is 12. The van der Waals surface area contributed by atoms with Crippen molar-refractivity contribution in [2.45, 2.75) is 53.1 Å². The maximum atomic E-state index is 11.4. The second-order valence-electron chi connectivity index (χ2n) is 4.64. The molecule has 1 amide bonds. The maximum Gasteiger partial charge on any atom is 0.521 e. The van der Waals surface area contributed by atoms with E-state index in [1.165, 1.54) is 6.08 Å². The van der Waals surface area contributed by atoms with Crippen LogP contribution in [0.1, 0.15) is 47.0 Å². The fourth-order valence-electron chi connectivity index (χ4n) is 1.43. The molecule has 0 aliphatic rings. The van der Waals surface area contributed by atoms with Crippen molar-refractivity contribution in [3.8, 4) is 0 Å². The summed E-state index contributed by atoms with van der Waals surface area (Å²) in [5, 5.41) is 2.75. The fourth-order valence-corrected chi connectivity index (χ4v) is 4.13. The Balaban J connectivity index is 4.85. The molecule has 118 valence electrons. The van der Waals surface area contributed by atoms with E-state index in [0.717, 1.165) is 19.3 Å². The van der Waals surface area contributed by atoms with Gasteiger partial charge in [-0.05, 0) is 32.3 Å². The molecule has 0 aliphatic heterocycles. The van der Waals surface area contributed by atoms with E-state index in [0.29, 0.717) is 13.2 Å². The van der Waals surface area contributed by atoms with Crippen molar-refractivity contribution in [2.24, 2.45) is 0 Å². The van der Waals surface area contributed by atoms with Gasteiger partial charge in [0.25, 0.3) is 0 Å². The van der Waals surface area contributed by atoms with Crippen LogP contribution in [0.25, 0.3) is 0 Å². The summed E-state index contributed by atoms with van der Waals surface area (Å²) in [6.07, 6.45) is 4.18. The molecule has 0 aromatic rings. The Hall–Kier alpha value is -0.693. The first-order chi connectivity index (χ1) is 9.53. The largest absolute Gasteiger partial charge is 0.521 e. The minimum Gasteiger partial charge on any atom is -0.372 e. The molecule has 0 heterocycles. The highest BCUT2D eigenvalue weighted by molar-refractivity contribution is 6.61. The Bertz CT molecular complexity index is 278. The molecule has 0 saturated heterocycles. The molecule has 0 spiro atoms. The van der Waals surface area contributed by atoms with Gasteiger partial charge in [0.2, 0.25) is 5.91 Å². The first-order valence-corrected chi connectivity index (χ1v) is 9.32. The second kappa shape index (κ2) is 11.0. The molecule has 1 unspecified atom stereocenters. The zero-order chi connectivity index (χ0) is 15.4. The van der Waals surface area contributed by atoms with Gasteiger partial charge in [0.15, 0.2) is 0 Å². The predicted octanol–water partition coefficient (Wildman–Crippen LogP) is 2.43. The van der Waals surface area contributed by atoms with Gasteiger partial charge in [0, 0.05) is 19.3 Å². The molecule has 0 fully saturated rings. The van der Waals surface area contributed by atoms with Gasteiger partial charge in [-0.3, -0.25) is 4.79 Å². The van der Waals surface area contributed by atoms with E-state index in [2.05, 4.69) is 11.9 Å². The van der Waals surface area contributed by atoms with Crippen LogP contribution in [0.4, 0.5) is 0 Å². The molecule has 5 nitrogen and oxygen atoms in total. The maximum absolute atomic E-state index is 11.4. The van der Waals surface area contributed by atoms with Crippen molar-refractivity contribution in [3.63, 3.8) is 0 Å². The number of hydrogen-bond acceptors (Lipinski definition) is 4. The topological polar surface area (TPSA) is 56.8 Å². The van der Waals surface area contributed by atoms with Crippen LogP contribution in [0.3, 0.4) is 0 Å². The van der Waals surface area contributed by atoms with Crippen molar-refractivity contribution in [1.82, 2.24) is 5.32 Å². The smallest absolute Gasteiger partial charge is 0.372 e. The Labute approximate surface area is 124 Å². The molecule has 0 aromatic heterocycles. The summed E-state index contributed by atoms with van der Waals surface area (Å²) in [5.74, 6) is -0.241. The molecule has 0 saturated carbocycles. The van der Waals surface area contributed by atoms with Crippen LogP contribution in [-0.2, 0) is 18.1 Å². The molecule has 0 rings (SSSR count). The molecular weight excluding hydrogens is 274 g/mol. The third-order valence-electron chi connectivity index (χ3n) is 2.67. The highest BCUT2D eigenvalue weighted by Crippen LogP contribution is 2.15. The lowest BCUT2D eigenvalue weighted by molar-refractivity contribution is -0.116. The van der Waals surface area contributed by atoms with Crippen molar-refractivity contribution in [1.29, 1.82) is 0 Å². The Kier molecular flexibility index (Phi) is 10.6. The molecule has 0 aliphatic carbocycles. The molecule has 0 bridgehead atoms. The number of nitrogens with one attached hydrogen (secondary N) is 1. The third-order valence-corrected chi connectivity index (χ3v) is 5.33. The summed E-state index contributed by atoms with van der Waals surface area (Å²) >= 11 is 0. The monoisotopic (exact) mass is 303 g/mol. The summed E-state index contributed by atoms with van der Waals surface area (Å²) in [6, 6.07) is 0. The van der Waals surface area contributed by atoms with Gasteiger partial charge < -0.3 is 18.6 Å². The SMILES string of the molecule is C=CC(=O)NC[Si](OCCC)(OCCC)OC(C)CC.